The molecule has 7 heteroatoms. The third-order valence-electron chi connectivity index (χ3n) is 4.68. The van der Waals surface area contributed by atoms with E-state index in [9.17, 15) is 14.4 Å². The minimum absolute atomic E-state index is 0.0165. The molecule has 3 rings (SSSR count). The SMILES string of the molecule is Cc1ccn2c(=O)c(C(=O)N3CCCC[C@@H]3CCC(=O)O)cnc2c1. The Bertz CT molecular complexity index is 874. The van der Waals surface area contributed by atoms with Crippen molar-refractivity contribution in [1.82, 2.24) is 14.3 Å². The van der Waals surface area contributed by atoms with Crippen LogP contribution in [-0.2, 0) is 4.79 Å². The van der Waals surface area contributed by atoms with Gasteiger partial charge in [-0.1, -0.05) is 0 Å². The molecule has 3 heterocycles. The number of aliphatic carboxylic acids is 1. The Morgan fingerprint density at radius 3 is 2.92 bits per heavy atom. The zero-order valence-corrected chi connectivity index (χ0v) is 14.1. The lowest BCUT2D eigenvalue weighted by atomic mass is 9.97. The van der Waals surface area contributed by atoms with Gasteiger partial charge in [-0.2, -0.15) is 0 Å². The van der Waals surface area contributed by atoms with E-state index in [2.05, 4.69) is 4.98 Å². The predicted octanol–water partition coefficient (Wildman–Crippen LogP) is 1.86. The van der Waals surface area contributed by atoms with E-state index in [0.717, 1.165) is 24.8 Å². The molecule has 0 unspecified atom stereocenters. The number of carboxylic acid groups (broad SMARTS) is 1. The van der Waals surface area contributed by atoms with Gasteiger partial charge in [0, 0.05) is 31.4 Å². The van der Waals surface area contributed by atoms with Gasteiger partial charge in [-0.3, -0.25) is 18.8 Å². The average Bonchev–Trinajstić information content (AvgIpc) is 2.60. The van der Waals surface area contributed by atoms with E-state index in [4.69, 9.17) is 5.11 Å². The minimum atomic E-state index is -0.874. The third kappa shape index (κ3) is 3.55. The smallest absolute Gasteiger partial charge is 0.303 e. The maximum Gasteiger partial charge on any atom is 0.303 e. The van der Waals surface area contributed by atoms with Gasteiger partial charge in [0.15, 0.2) is 0 Å². The summed E-state index contributed by atoms with van der Waals surface area (Å²) in [4.78, 5) is 42.3. The molecule has 0 spiro atoms. The van der Waals surface area contributed by atoms with Gasteiger partial charge in [0.05, 0.1) is 0 Å². The molecule has 132 valence electrons. The van der Waals surface area contributed by atoms with Crippen LogP contribution in [0, 0.1) is 6.92 Å². The summed E-state index contributed by atoms with van der Waals surface area (Å²) in [7, 11) is 0. The number of carboxylic acids is 1. The van der Waals surface area contributed by atoms with Crippen molar-refractivity contribution >= 4 is 17.5 Å². The van der Waals surface area contributed by atoms with Crippen molar-refractivity contribution in [2.45, 2.75) is 45.1 Å². The summed E-state index contributed by atoms with van der Waals surface area (Å²) in [5.41, 5.74) is 1.12. The number of rotatable bonds is 4. The first-order chi connectivity index (χ1) is 12.0. The van der Waals surface area contributed by atoms with Crippen molar-refractivity contribution in [2.24, 2.45) is 0 Å². The average molecular weight is 343 g/mol. The molecule has 0 bridgehead atoms. The van der Waals surface area contributed by atoms with Crippen molar-refractivity contribution in [1.29, 1.82) is 0 Å². The number of aryl methyl sites for hydroxylation is 1. The summed E-state index contributed by atoms with van der Waals surface area (Å²) < 4.78 is 1.37. The molecular formula is C18H21N3O4. The van der Waals surface area contributed by atoms with Gasteiger partial charge in [0.2, 0.25) is 0 Å². The summed E-state index contributed by atoms with van der Waals surface area (Å²) >= 11 is 0. The number of carbonyl (C=O) groups excluding carboxylic acids is 1. The maximum atomic E-state index is 12.9. The minimum Gasteiger partial charge on any atom is -0.481 e. The number of carbonyl (C=O) groups is 2. The number of nitrogens with zero attached hydrogens (tertiary/aromatic N) is 3. The Kier molecular flexibility index (Phi) is 4.83. The molecule has 25 heavy (non-hydrogen) atoms. The Hall–Kier alpha value is -2.70. The van der Waals surface area contributed by atoms with Gasteiger partial charge in [-0.05, 0) is 50.3 Å². The molecular weight excluding hydrogens is 322 g/mol. The van der Waals surface area contributed by atoms with Crippen LogP contribution < -0.4 is 5.56 Å². The lowest BCUT2D eigenvalue weighted by Gasteiger charge is -2.35. The highest BCUT2D eigenvalue weighted by Crippen LogP contribution is 2.22. The van der Waals surface area contributed by atoms with E-state index >= 15 is 0 Å². The zero-order chi connectivity index (χ0) is 18.0. The highest BCUT2D eigenvalue weighted by molar-refractivity contribution is 5.94. The molecule has 2 aromatic heterocycles. The Morgan fingerprint density at radius 2 is 2.16 bits per heavy atom. The Balaban J connectivity index is 1.92. The highest BCUT2D eigenvalue weighted by Gasteiger charge is 2.29. The molecule has 1 fully saturated rings. The van der Waals surface area contributed by atoms with Crippen molar-refractivity contribution < 1.29 is 14.7 Å². The largest absolute Gasteiger partial charge is 0.481 e. The van der Waals surface area contributed by atoms with Crippen LogP contribution in [0.1, 0.15) is 48.0 Å². The summed E-state index contributed by atoms with van der Waals surface area (Å²) in [6.07, 6.45) is 5.96. The van der Waals surface area contributed by atoms with Gasteiger partial charge in [0.25, 0.3) is 11.5 Å². The van der Waals surface area contributed by atoms with E-state index in [1.807, 2.05) is 6.92 Å². The normalized spacial score (nSPS) is 17.6. The van der Waals surface area contributed by atoms with Crippen LogP contribution in [0.15, 0.2) is 29.3 Å². The maximum absolute atomic E-state index is 12.9. The van der Waals surface area contributed by atoms with Crippen LogP contribution in [0.2, 0.25) is 0 Å². The summed E-state index contributed by atoms with van der Waals surface area (Å²) in [6.45, 7) is 2.45. The first kappa shape index (κ1) is 17.1. The number of likely N-dealkylation sites (tertiary alicyclic amines) is 1. The van der Waals surface area contributed by atoms with E-state index < -0.39 is 11.5 Å². The summed E-state index contributed by atoms with van der Waals surface area (Å²) in [5, 5.41) is 8.90. The number of aromatic nitrogens is 2. The standard InChI is InChI=1S/C18H21N3O4/c1-12-7-9-21-15(10-12)19-11-14(18(21)25)17(24)20-8-3-2-4-13(20)5-6-16(22)23/h7,9-11,13H,2-6,8H2,1H3,(H,22,23)/t13-/m1/s1. The number of hydrogen-bond donors (Lipinski definition) is 1. The van der Waals surface area contributed by atoms with Crippen molar-refractivity contribution in [3.05, 3.63) is 46.0 Å². The van der Waals surface area contributed by atoms with Crippen LogP contribution in [-0.4, -0.2) is 43.9 Å². The predicted molar refractivity (Wildman–Crippen MR) is 91.7 cm³/mol. The van der Waals surface area contributed by atoms with Crippen molar-refractivity contribution in [3.63, 3.8) is 0 Å². The van der Waals surface area contributed by atoms with Crippen LogP contribution in [0.4, 0.5) is 0 Å². The first-order valence-electron chi connectivity index (χ1n) is 8.48. The van der Waals surface area contributed by atoms with Crippen LogP contribution >= 0.6 is 0 Å². The number of fused-ring (bicyclic) bond motifs is 1. The van der Waals surface area contributed by atoms with Crippen molar-refractivity contribution in [2.75, 3.05) is 6.54 Å². The molecule has 1 atom stereocenters. The molecule has 0 aliphatic carbocycles. The second-order valence-corrected chi connectivity index (χ2v) is 6.49. The molecule has 0 radical (unpaired) electrons. The van der Waals surface area contributed by atoms with Crippen molar-refractivity contribution in [3.8, 4) is 0 Å². The molecule has 1 aliphatic rings. The lowest BCUT2D eigenvalue weighted by molar-refractivity contribution is -0.137. The lowest BCUT2D eigenvalue weighted by Crippen LogP contribution is -2.45. The van der Waals surface area contributed by atoms with Gasteiger partial charge in [0.1, 0.15) is 11.2 Å². The molecule has 0 saturated carbocycles. The van der Waals surface area contributed by atoms with Crippen LogP contribution in [0.5, 0.6) is 0 Å². The Labute approximate surface area is 144 Å². The molecule has 0 aromatic carbocycles. The number of amides is 1. The molecule has 1 N–H and O–H groups in total. The molecule has 1 amide bonds. The van der Waals surface area contributed by atoms with E-state index in [-0.39, 0.29) is 23.9 Å². The summed E-state index contributed by atoms with van der Waals surface area (Å²) in [6, 6.07) is 3.43. The Morgan fingerprint density at radius 1 is 1.36 bits per heavy atom. The fourth-order valence-corrected chi connectivity index (χ4v) is 3.34. The number of piperidine rings is 1. The molecule has 2 aromatic rings. The van der Waals surface area contributed by atoms with Crippen LogP contribution in [0.3, 0.4) is 0 Å². The second kappa shape index (κ2) is 7.04. The van der Waals surface area contributed by atoms with Crippen LogP contribution in [0.25, 0.3) is 5.65 Å². The van der Waals surface area contributed by atoms with E-state index in [0.29, 0.717) is 18.6 Å². The highest BCUT2D eigenvalue weighted by atomic mass is 16.4. The fraction of sp³-hybridized carbons (Fsp3) is 0.444. The topological polar surface area (TPSA) is 92.0 Å². The van der Waals surface area contributed by atoms with E-state index in [1.54, 1.807) is 23.2 Å². The zero-order valence-electron chi connectivity index (χ0n) is 14.1. The fourth-order valence-electron chi connectivity index (χ4n) is 3.34. The summed E-state index contributed by atoms with van der Waals surface area (Å²) in [5.74, 6) is -1.23. The van der Waals surface area contributed by atoms with Gasteiger partial charge < -0.3 is 10.0 Å². The first-order valence-corrected chi connectivity index (χ1v) is 8.48. The number of pyridine rings is 1. The molecule has 1 saturated heterocycles. The number of hydrogen-bond acceptors (Lipinski definition) is 4. The third-order valence-corrected chi connectivity index (χ3v) is 4.68. The van der Waals surface area contributed by atoms with Gasteiger partial charge >= 0.3 is 5.97 Å². The quantitative estimate of drug-likeness (QED) is 0.915. The molecule has 7 nitrogen and oxygen atoms in total. The monoisotopic (exact) mass is 343 g/mol. The second-order valence-electron chi connectivity index (χ2n) is 6.49. The van der Waals surface area contributed by atoms with E-state index in [1.165, 1.54) is 10.6 Å². The van der Waals surface area contributed by atoms with Gasteiger partial charge in [-0.15, -0.1) is 0 Å². The molecule has 1 aliphatic heterocycles. The van der Waals surface area contributed by atoms with Gasteiger partial charge in [-0.25, -0.2) is 4.98 Å².